The lowest BCUT2D eigenvalue weighted by Gasteiger charge is -2.09. The van der Waals surface area contributed by atoms with Crippen LogP contribution in [0.2, 0.25) is 0 Å². The van der Waals surface area contributed by atoms with Crippen molar-refractivity contribution in [2.75, 3.05) is 13.2 Å². The predicted molar refractivity (Wildman–Crippen MR) is 115 cm³/mol. The zero-order valence-electron chi connectivity index (χ0n) is 17.6. The van der Waals surface area contributed by atoms with E-state index in [-0.39, 0.29) is 17.9 Å². The summed E-state index contributed by atoms with van der Waals surface area (Å²) in [5.74, 6) is 0.0948. The average Bonchev–Trinajstić information content (AvgIpc) is 3.22. The van der Waals surface area contributed by atoms with Crippen LogP contribution in [0.5, 0.6) is 5.75 Å². The van der Waals surface area contributed by atoms with E-state index in [4.69, 9.17) is 9.26 Å². The monoisotopic (exact) mass is 477 g/mol. The number of pyridine rings is 1. The molecule has 0 saturated heterocycles. The average molecular weight is 477 g/mol. The third-order valence-electron chi connectivity index (χ3n) is 4.24. The fourth-order valence-electron chi connectivity index (χ4n) is 2.73. The quantitative estimate of drug-likeness (QED) is 0.329. The van der Waals surface area contributed by atoms with Crippen molar-refractivity contribution < 1.29 is 32.4 Å². The summed E-state index contributed by atoms with van der Waals surface area (Å²) < 4.78 is 38.8. The van der Waals surface area contributed by atoms with Crippen LogP contribution in [0.1, 0.15) is 27.4 Å². The van der Waals surface area contributed by atoms with Gasteiger partial charge in [-0.1, -0.05) is 29.1 Å². The molecule has 0 aliphatic carbocycles. The number of amides is 1. The van der Waals surface area contributed by atoms with Crippen LogP contribution in [-0.2, 0) is 21.7 Å². The van der Waals surface area contributed by atoms with Crippen molar-refractivity contribution in [1.29, 1.82) is 0 Å². The number of aromatic nitrogens is 2. The van der Waals surface area contributed by atoms with E-state index < -0.39 is 25.1 Å². The van der Waals surface area contributed by atoms with E-state index in [1.807, 2.05) is 0 Å². The largest absolute Gasteiger partial charge is 0.452 e. The predicted octanol–water partition coefficient (Wildman–Crippen LogP) is 3.79. The van der Waals surface area contributed by atoms with Crippen molar-refractivity contribution >= 4 is 23.6 Å². The number of halogens is 2. The Morgan fingerprint density at radius 3 is 2.70 bits per heavy atom. The fraction of sp³-hybridized carbons (Fsp3) is 0.273. The topological polar surface area (TPSA) is 104 Å². The lowest BCUT2D eigenvalue weighted by Crippen LogP contribution is -2.30. The summed E-state index contributed by atoms with van der Waals surface area (Å²) in [4.78, 5) is 28.7. The molecule has 8 nitrogen and oxygen atoms in total. The van der Waals surface area contributed by atoms with E-state index in [1.165, 1.54) is 23.9 Å². The molecular formula is C22H21F2N3O5S. The number of carbonyl (C=O) groups is 2. The molecule has 0 bridgehead atoms. The molecule has 1 amide bonds. The van der Waals surface area contributed by atoms with Gasteiger partial charge >= 0.3 is 12.6 Å². The molecule has 33 heavy (non-hydrogen) atoms. The molecule has 0 aliphatic rings. The Morgan fingerprint density at radius 2 is 2.00 bits per heavy atom. The smallest absolute Gasteiger partial charge is 0.387 e. The van der Waals surface area contributed by atoms with Gasteiger partial charge in [0, 0.05) is 24.6 Å². The summed E-state index contributed by atoms with van der Waals surface area (Å²) in [6.45, 7) is -1.24. The zero-order valence-corrected chi connectivity index (χ0v) is 18.4. The Labute approximate surface area is 192 Å². The number of esters is 1. The Hall–Kier alpha value is -3.47. The maximum absolute atomic E-state index is 12.4. The van der Waals surface area contributed by atoms with Gasteiger partial charge in [0.15, 0.2) is 6.61 Å². The van der Waals surface area contributed by atoms with Crippen molar-refractivity contribution in [3.63, 3.8) is 0 Å². The highest BCUT2D eigenvalue weighted by molar-refractivity contribution is 7.98. The third kappa shape index (κ3) is 7.86. The van der Waals surface area contributed by atoms with Gasteiger partial charge in [-0.25, -0.2) is 9.78 Å². The number of aryl methyl sites for hydroxylation is 1. The van der Waals surface area contributed by atoms with Crippen LogP contribution in [-0.4, -0.2) is 41.8 Å². The van der Waals surface area contributed by atoms with E-state index in [0.29, 0.717) is 23.0 Å². The van der Waals surface area contributed by atoms with Crippen LogP contribution < -0.4 is 10.1 Å². The SMILES string of the molecule is Cc1cc(CSc2ncccc2C(=O)OCC(=O)NCCc2ccc(OC(F)F)cc2)no1. The maximum atomic E-state index is 12.4. The molecular weight excluding hydrogens is 456 g/mol. The Morgan fingerprint density at radius 1 is 1.21 bits per heavy atom. The number of alkyl halides is 2. The molecule has 1 N–H and O–H groups in total. The Kier molecular flexibility index (Phi) is 8.76. The summed E-state index contributed by atoms with van der Waals surface area (Å²) in [6.07, 6.45) is 2.03. The highest BCUT2D eigenvalue weighted by Crippen LogP contribution is 2.24. The molecule has 174 valence electrons. The van der Waals surface area contributed by atoms with Gasteiger partial charge in [-0.05, 0) is 43.2 Å². The first-order valence-electron chi connectivity index (χ1n) is 9.88. The summed E-state index contributed by atoms with van der Waals surface area (Å²) in [6, 6.07) is 11.1. The van der Waals surface area contributed by atoms with Crippen LogP contribution in [0.15, 0.2) is 58.2 Å². The molecule has 0 fully saturated rings. The molecule has 3 rings (SSSR count). The molecule has 0 unspecified atom stereocenters. The minimum absolute atomic E-state index is 0.0637. The van der Waals surface area contributed by atoms with Crippen molar-refractivity contribution in [1.82, 2.24) is 15.5 Å². The fourth-order valence-corrected chi connectivity index (χ4v) is 3.60. The number of nitrogens with one attached hydrogen (secondary N) is 1. The lowest BCUT2D eigenvalue weighted by molar-refractivity contribution is -0.124. The molecule has 0 radical (unpaired) electrons. The van der Waals surface area contributed by atoms with Crippen molar-refractivity contribution in [2.24, 2.45) is 0 Å². The maximum Gasteiger partial charge on any atom is 0.387 e. The second-order valence-electron chi connectivity index (χ2n) is 6.77. The molecule has 0 spiro atoms. The number of thioether (sulfide) groups is 1. The first-order chi connectivity index (χ1) is 15.9. The third-order valence-corrected chi connectivity index (χ3v) is 5.28. The van der Waals surface area contributed by atoms with Gasteiger partial charge in [0.2, 0.25) is 0 Å². The van der Waals surface area contributed by atoms with Crippen molar-refractivity contribution in [3.8, 4) is 5.75 Å². The van der Waals surface area contributed by atoms with Gasteiger partial charge < -0.3 is 19.3 Å². The number of hydrogen-bond donors (Lipinski definition) is 1. The van der Waals surface area contributed by atoms with Crippen LogP contribution in [0.4, 0.5) is 8.78 Å². The van der Waals surface area contributed by atoms with Crippen LogP contribution in [0, 0.1) is 6.92 Å². The first kappa shape index (κ1) is 24.2. The summed E-state index contributed by atoms with van der Waals surface area (Å²) >= 11 is 1.31. The van der Waals surface area contributed by atoms with Gasteiger partial charge in [0.25, 0.3) is 5.91 Å². The highest BCUT2D eigenvalue weighted by atomic mass is 32.2. The first-order valence-corrected chi connectivity index (χ1v) is 10.9. The van der Waals surface area contributed by atoms with E-state index in [9.17, 15) is 18.4 Å². The number of benzene rings is 1. The van der Waals surface area contributed by atoms with Crippen LogP contribution >= 0.6 is 11.8 Å². The minimum Gasteiger partial charge on any atom is -0.452 e. The molecule has 3 aromatic rings. The number of rotatable bonds is 11. The zero-order chi connectivity index (χ0) is 23.6. The van der Waals surface area contributed by atoms with Crippen LogP contribution in [0.25, 0.3) is 0 Å². The lowest BCUT2D eigenvalue weighted by atomic mass is 10.1. The van der Waals surface area contributed by atoms with Crippen molar-refractivity contribution in [2.45, 2.75) is 30.7 Å². The van der Waals surface area contributed by atoms with Crippen molar-refractivity contribution in [3.05, 3.63) is 71.2 Å². The summed E-state index contributed by atoms with van der Waals surface area (Å²) in [7, 11) is 0. The van der Waals surface area contributed by atoms with E-state index in [2.05, 4.69) is 20.2 Å². The molecule has 1 aromatic carbocycles. The molecule has 2 aromatic heterocycles. The minimum atomic E-state index is -2.88. The second kappa shape index (κ2) is 12.0. The van der Waals surface area contributed by atoms with Gasteiger partial charge in [0.1, 0.15) is 16.5 Å². The second-order valence-corrected chi connectivity index (χ2v) is 7.74. The highest BCUT2D eigenvalue weighted by Gasteiger charge is 2.16. The van der Waals surface area contributed by atoms with Gasteiger partial charge in [-0.2, -0.15) is 8.78 Å². The standard InChI is InChI=1S/C22H21F2N3O5S/c1-14-11-16(27-32-14)13-33-20-18(3-2-9-26-20)21(29)30-12-19(28)25-10-8-15-4-6-17(7-5-15)31-22(23)24/h2-7,9,11,22H,8,10,12-13H2,1H3,(H,25,28). The normalized spacial score (nSPS) is 10.8. The molecule has 0 atom stereocenters. The van der Waals surface area contributed by atoms with Gasteiger partial charge in [-0.15, -0.1) is 0 Å². The number of hydrogen-bond acceptors (Lipinski definition) is 8. The molecule has 0 saturated carbocycles. The number of ether oxygens (including phenoxy) is 2. The van der Waals surface area contributed by atoms with E-state index >= 15 is 0 Å². The van der Waals surface area contributed by atoms with Gasteiger partial charge in [-0.3, -0.25) is 4.79 Å². The molecule has 2 heterocycles. The van der Waals surface area contributed by atoms with E-state index in [0.717, 1.165) is 11.3 Å². The summed E-state index contributed by atoms with van der Waals surface area (Å²) in [5, 5.41) is 7.00. The summed E-state index contributed by atoms with van der Waals surface area (Å²) in [5.41, 5.74) is 1.80. The number of carbonyl (C=O) groups excluding carboxylic acids is 2. The van der Waals surface area contributed by atoms with Gasteiger partial charge in [0.05, 0.1) is 11.3 Å². The van der Waals surface area contributed by atoms with Crippen LogP contribution in [0.3, 0.4) is 0 Å². The number of nitrogens with zero attached hydrogens (tertiary/aromatic N) is 2. The Bertz CT molecular complexity index is 1080. The molecule has 11 heteroatoms. The van der Waals surface area contributed by atoms with E-state index in [1.54, 1.807) is 43.5 Å². The Balaban J connectivity index is 1.42. The molecule has 0 aliphatic heterocycles.